The molecule has 1 saturated carbocycles. The Morgan fingerprint density at radius 2 is 2.08 bits per heavy atom. The Morgan fingerprint density at radius 1 is 1.32 bits per heavy atom. The molecule has 1 heterocycles. The highest BCUT2D eigenvalue weighted by Crippen LogP contribution is 2.23. The van der Waals surface area contributed by atoms with Crippen LogP contribution in [-0.2, 0) is 18.3 Å². The fraction of sp³-hybridized carbons (Fsp3) is 0.556. The number of hydrogen-bond donors (Lipinski definition) is 2. The molecule has 0 saturated heterocycles. The Morgan fingerprint density at radius 3 is 2.80 bits per heavy atom. The van der Waals surface area contributed by atoms with Crippen molar-refractivity contribution in [2.75, 3.05) is 6.54 Å². The van der Waals surface area contributed by atoms with Crippen LogP contribution in [0.2, 0.25) is 0 Å². The van der Waals surface area contributed by atoms with Gasteiger partial charge in [-0.3, -0.25) is 4.79 Å². The smallest absolute Gasteiger partial charge is 0.223 e. The molecule has 2 unspecified atom stereocenters. The van der Waals surface area contributed by atoms with Gasteiger partial charge in [-0.1, -0.05) is 18.6 Å². The van der Waals surface area contributed by atoms with Crippen LogP contribution in [0.4, 0.5) is 0 Å². The van der Waals surface area contributed by atoms with Gasteiger partial charge < -0.3 is 15.6 Å². The van der Waals surface area contributed by atoms with E-state index in [4.69, 9.17) is 5.73 Å². The van der Waals surface area contributed by atoms with Gasteiger partial charge in [0.2, 0.25) is 5.91 Å². The number of halogens is 2. The molecule has 0 aliphatic heterocycles. The van der Waals surface area contributed by atoms with Gasteiger partial charge in [0.15, 0.2) is 0 Å². The molecule has 0 bridgehead atoms. The van der Waals surface area contributed by atoms with Crippen molar-refractivity contribution in [3.05, 3.63) is 30.1 Å². The van der Waals surface area contributed by atoms with E-state index in [2.05, 4.69) is 20.9 Å². The van der Waals surface area contributed by atoms with Gasteiger partial charge in [-0.05, 0) is 37.8 Å². The molecule has 0 radical (unpaired) electrons. The van der Waals surface area contributed by atoms with Crippen LogP contribution >= 0.6 is 24.8 Å². The number of aromatic nitrogens is 2. The van der Waals surface area contributed by atoms with E-state index in [0.717, 1.165) is 55.4 Å². The van der Waals surface area contributed by atoms with Crippen LogP contribution in [0.3, 0.4) is 0 Å². The Balaban J connectivity index is 0.00000156. The number of rotatable bonds is 5. The van der Waals surface area contributed by atoms with Gasteiger partial charge in [0.25, 0.3) is 0 Å². The summed E-state index contributed by atoms with van der Waals surface area (Å²) in [5, 5.41) is 3.06. The second-order valence-corrected chi connectivity index (χ2v) is 6.59. The first-order chi connectivity index (χ1) is 11.1. The van der Waals surface area contributed by atoms with Crippen molar-refractivity contribution in [1.29, 1.82) is 0 Å². The van der Waals surface area contributed by atoms with Gasteiger partial charge in [0.1, 0.15) is 5.82 Å². The molecule has 1 amide bonds. The first-order valence-corrected chi connectivity index (χ1v) is 8.59. The molecule has 1 aromatic carbocycles. The van der Waals surface area contributed by atoms with Crippen LogP contribution in [0.25, 0.3) is 11.0 Å². The number of para-hydroxylation sites is 2. The summed E-state index contributed by atoms with van der Waals surface area (Å²) in [5.41, 5.74) is 8.14. The number of imidazole rings is 1. The zero-order chi connectivity index (χ0) is 16.2. The summed E-state index contributed by atoms with van der Waals surface area (Å²) in [5.74, 6) is 1.35. The maximum atomic E-state index is 12.2. The third-order valence-corrected chi connectivity index (χ3v) is 4.84. The second-order valence-electron chi connectivity index (χ2n) is 6.59. The largest absolute Gasteiger partial charge is 0.356 e. The molecule has 2 aromatic rings. The first kappa shape index (κ1) is 21.7. The lowest BCUT2D eigenvalue weighted by Gasteiger charge is -2.25. The number of aryl methyl sites for hydroxylation is 2. The van der Waals surface area contributed by atoms with E-state index >= 15 is 0 Å². The Labute approximate surface area is 161 Å². The lowest BCUT2D eigenvalue weighted by atomic mass is 9.85. The topological polar surface area (TPSA) is 72.9 Å². The Kier molecular flexibility index (Phi) is 8.69. The highest BCUT2D eigenvalue weighted by Gasteiger charge is 2.24. The van der Waals surface area contributed by atoms with Gasteiger partial charge in [-0.25, -0.2) is 4.98 Å². The number of nitrogens with one attached hydrogen (secondary N) is 1. The van der Waals surface area contributed by atoms with Gasteiger partial charge in [-0.15, -0.1) is 24.8 Å². The van der Waals surface area contributed by atoms with E-state index < -0.39 is 0 Å². The summed E-state index contributed by atoms with van der Waals surface area (Å²) in [6.07, 6.45) is 5.70. The summed E-state index contributed by atoms with van der Waals surface area (Å²) in [4.78, 5) is 16.8. The predicted molar refractivity (Wildman–Crippen MR) is 106 cm³/mol. The summed E-state index contributed by atoms with van der Waals surface area (Å²) in [6.45, 7) is 0.702. The first-order valence-electron chi connectivity index (χ1n) is 8.59. The van der Waals surface area contributed by atoms with E-state index in [9.17, 15) is 4.79 Å². The molecular weight excluding hydrogens is 359 g/mol. The fourth-order valence-corrected chi connectivity index (χ4v) is 3.49. The number of hydrogen-bond acceptors (Lipinski definition) is 3. The zero-order valence-electron chi connectivity index (χ0n) is 14.6. The molecule has 3 N–H and O–H groups in total. The Bertz CT molecular complexity index is 689. The maximum Gasteiger partial charge on any atom is 0.223 e. The van der Waals surface area contributed by atoms with Gasteiger partial charge in [0, 0.05) is 32.0 Å². The van der Waals surface area contributed by atoms with Gasteiger partial charge in [-0.2, -0.15) is 0 Å². The SMILES string of the molecule is Cl.Cl.Cn1c(CCCNC(=O)C2CCCC(N)C2)nc2ccccc21. The quantitative estimate of drug-likeness (QED) is 0.775. The van der Waals surface area contributed by atoms with Crippen LogP contribution < -0.4 is 11.1 Å². The molecular formula is C18H28Cl2N4O. The number of fused-ring (bicyclic) bond motifs is 1. The molecule has 7 heteroatoms. The van der Waals surface area contributed by atoms with Crippen molar-refractivity contribution < 1.29 is 4.79 Å². The molecule has 140 valence electrons. The molecule has 25 heavy (non-hydrogen) atoms. The van der Waals surface area contributed by atoms with Crippen molar-refractivity contribution in [2.24, 2.45) is 18.7 Å². The van der Waals surface area contributed by atoms with Crippen molar-refractivity contribution in [3.63, 3.8) is 0 Å². The monoisotopic (exact) mass is 386 g/mol. The van der Waals surface area contributed by atoms with E-state index in [0.29, 0.717) is 6.54 Å². The van der Waals surface area contributed by atoms with Crippen molar-refractivity contribution >= 4 is 41.8 Å². The van der Waals surface area contributed by atoms with Crippen molar-refractivity contribution in [3.8, 4) is 0 Å². The maximum absolute atomic E-state index is 12.2. The number of carbonyl (C=O) groups excluding carboxylic acids is 1. The Hall–Kier alpha value is -1.30. The summed E-state index contributed by atoms with van der Waals surface area (Å²) < 4.78 is 2.14. The highest BCUT2D eigenvalue weighted by atomic mass is 35.5. The lowest BCUT2D eigenvalue weighted by Crippen LogP contribution is -2.38. The van der Waals surface area contributed by atoms with E-state index in [1.54, 1.807) is 0 Å². The summed E-state index contributed by atoms with van der Waals surface area (Å²) in [7, 11) is 2.05. The second kappa shape index (κ2) is 10.00. The van der Waals surface area contributed by atoms with E-state index in [1.807, 2.05) is 25.2 Å². The van der Waals surface area contributed by atoms with Crippen LogP contribution in [0.15, 0.2) is 24.3 Å². The van der Waals surface area contributed by atoms with Crippen LogP contribution in [0.5, 0.6) is 0 Å². The van der Waals surface area contributed by atoms with Crippen LogP contribution in [0.1, 0.15) is 37.9 Å². The summed E-state index contributed by atoms with van der Waals surface area (Å²) >= 11 is 0. The van der Waals surface area contributed by atoms with E-state index in [1.165, 1.54) is 0 Å². The minimum atomic E-state index is 0. The molecule has 1 aromatic heterocycles. The summed E-state index contributed by atoms with van der Waals surface area (Å²) in [6, 6.07) is 8.35. The van der Waals surface area contributed by atoms with Gasteiger partial charge >= 0.3 is 0 Å². The predicted octanol–water partition coefficient (Wildman–Crippen LogP) is 2.98. The molecule has 3 rings (SSSR count). The average Bonchev–Trinajstić information content (AvgIpc) is 2.88. The van der Waals surface area contributed by atoms with Crippen LogP contribution in [0, 0.1) is 5.92 Å². The zero-order valence-corrected chi connectivity index (χ0v) is 16.2. The third kappa shape index (κ3) is 5.33. The third-order valence-electron chi connectivity index (χ3n) is 4.84. The highest BCUT2D eigenvalue weighted by molar-refractivity contribution is 5.85. The molecule has 2 atom stereocenters. The molecule has 1 fully saturated rings. The molecule has 1 aliphatic rings. The standard InChI is InChI=1S/C18H26N4O.2ClH/c1-22-16-9-3-2-8-15(16)21-17(22)10-5-11-20-18(23)13-6-4-7-14(19)12-13;;/h2-3,8-9,13-14H,4-7,10-12,19H2,1H3,(H,20,23);2*1H. The van der Waals surface area contributed by atoms with Crippen molar-refractivity contribution in [2.45, 2.75) is 44.6 Å². The number of nitrogens with zero attached hydrogens (tertiary/aromatic N) is 2. The molecule has 0 spiro atoms. The van der Waals surface area contributed by atoms with Gasteiger partial charge in [0.05, 0.1) is 11.0 Å². The minimum Gasteiger partial charge on any atom is -0.356 e. The normalized spacial score (nSPS) is 19.8. The molecule has 5 nitrogen and oxygen atoms in total. The van der Waals surface area contributed by atoms with E-state index in [-0.39, 0.29) is 42.7 Å². The number of nitrogens with two attached hydrogens (primary N) is 1. The number of amides is 1. The number of benzene rings is 1. The average molecular weight is 387 g/mol. The van der Waals surface area contributed by atoms with Crippen LogP contribution in [-0.4, -0.2) is 28.0 Å². The lowest BCUT2D eigenvalue weighted by molar-refractivity contribution is -0.126. The minimum absolute atomic E-state index is 0. The van der Waals surface area contributed by atoms with Crippen molar-refractivity contribution in [1.82, 2.24) is 14.9 Å². The fourth-order valence-electron chi connectivity index (χ4n) is 3.49. The molecule has 1 aliphatic carbocycles. The number of carbonyl (C=O) groups is 1.